The first-order valence-corrected chi connectivity index (χ1v) is 8.85. The van der Waals surface area contributed by atoms with E-state index in [4.69, 9.17) is 0 Å². The van der Waals surface area contributed by atoms with Gasteiger partial charge in [0, 0.05) is 17.8 Å². The van der Waals surface area contributed by atoms with Gasteiger partial charge in [0.25, 0.3) is 5.91 Å². The van der Waals surface area contributed by atoms with Gasteiger partial charge in [-0.1, -0.05) is 37.3 Å². The summed E-state index contributed by atoms with van der Waals surface area (Å²) in [5.41, 5.74) is 2.94. The van der Waals surface area contributed by atoms with Crippen LogP contribution in [0.3, 0.4) is 0 Å². The summed E-state index contributed by atoms with van der Waals surface area (Å²) in [6.07, 6.45) is 0. The first kappa shape index (κ1) is 18.6. The monoisotopic (exact) mass is 366 g/mol. The lowest BCUT2D eigenvalue weighted by molar-refractivity contribution is -0.125. The van der Waals surface area contributed by atoms with Crippen LogP contribution in [0.2, 0.25) is 0 Å². The van der Waals surface area contributed by atoms with Crippen LogP contribution in [0.4, 0.5) is 10.5 Å². The molecule has 0 unspecified atom stereocenters. The number of nitrogens with one attached hydrogen (secondary N) is 3. The van der Waals surface area contributed by atoms with Crippen molar-refractivity contribution in [3.63, 3.8) is 0 Å². The molecule has 3 rings (SSSR count). The van der Waals surface area contributed by atoms with E-state index in [1.54, 1.807) is 24.3 Å². The molecule has 1 aliphatic rings. The predicted molar refractivity (Wildman–Crippen MR) is 102 cm³/mol. The van der Waals surface area contributed by atoms with E-state index in [9.17, 15) is 14.4 Å². The largest absolute Gasteiger partial charge is 0.329 e. The molecule has 2 aromatic carbocycles. The molecule has 3 N–H and O–H groups in total. The van der Waals surface area contributed by atoms with Crippen LogP contribution >= 0.6 is 0 Å². The number of nitrogens with zero attached hydrogens (tertiary/aromatic N) is 1. The highest BCUT2D eigenvalue weighted by molar-refractivity contribution is 6.05. The molecule has 7 heteroatoms. The molecule has 0 spiro atoms. The van der Waals surface area contributed by atoms with E-state index in [1.807, 2.05) is 31.2 Å². The van der Waals surface area contributed by atoms with Crippen molar-refractivity contribution >= 4 is 23.5 Å². The number of amides is 4. The van der Waals surface area contributed by atoms with Gasteiger partial charge >= 0.3 is 6.03 Å². The molecule has 1 heterocycles. The summed E-state index contributed by atoms with van der Waals surface area (Å²) in [4.78, 5) is 37.2. The number of urea groups is 1. The van der Waals surface area contributed by atoms with E-state index >= 15 is 0 Å². The Morgan fingerprint density at radius 3 is 2.70 bits per heavy atom. The van der Waals surface area contributed by atoms with Crippen LogP contribution in [0.25, 0.3) is 0 Å². The van der Waals surface area contributed by atoms with Crippen LogP contribution < -0.4 is 16.0 Å². The van der Waals surface area contributed by atoms with Crippen LogP contribution in [-0.4, -0.2) is 35.8 Å². The van der Waals surface area contributed by atoms with Crippen molar-refractivity contribution in [2.75, 3.05) is 18.4 Å². The summed E-state index contributed by atoms with van der Waals surface area (Å²) in [6.45, 7) is 3.69. The lowest BCUT2D eigenvalue weighted by Gasteiger charge is -2.14. The standard InChI is InChI=1S/C20H22N4O3/c1-2-21-11-16-7-3-4-9-17(16)23-19(26)15-8-5-6-14(10-15)13-24-18(25)12-22-20(24)27/h3-10,21H,2,11-13H2,1H3,(H,22,27)(H,23,26). The molecule has 0 bridgehead atoms. The van der Waals surface area contributed by atoms with Crippen molar-refractivity contribution in [2.24, 2.45) is 0 Å². The minimum absolute atomic E-state index is 0.0155. The van der Waals surface area contributed by atoms with Crippen molar-refractivity contribution in [3.8, 4) is 0 Å². The molecule has 7 nitrogen and oxygen atoms in total. The lowest BCUT2D eigenvalue weighted by Crippen LogP contribution is -2.30. The fraction of sp³-hybridized carbons (Fsp3) is 0.250. The first-order chi connectivity index (χ1) is 13.1. The minimum Gasteiger partial charge on any atom is -0.329 e. The second-order valence-corrected chi connectivity index (χ2v) is 6.23. The number of imide groups is 1. The third-order valence-corrected chi connectivity index (χ3v) is 4.30. The summed E-state index contributed by atoms with van der Waals surface area (Å²) in [6, 6.07) is 14.2. The lowest BCUT2D eigenvalue weighted by atomic mass is 10.1. The highest BCUT2D eigenvalue weighted by Gasteiger charge is 2.28. The number of anilines is 1. The normalized spacial score (nSPS) is 13.6. The first-order valence-electron chi connectivity index (χ1n) is 8.85. The van der Waals surface area contributed by atoms with E-state index in [2.05, 4.69) is 16.0 Å². The van der Waals surface area contributed by atoms with Crippen LogP contribution in [0, 0.1) is 0 Å². The molecule has 0 aromatic heterocycles. The molecule has 1 fully saturated rings. The molecule has 27 heavy (non-hydrogen) atoms. The molecular weight excluding hydrogens is 344 g/mol. The molecule has 4 amide bonds. The van der Waals surface area contributed by atoms with Gasteiger partial charge in [0.15, 0.2) is 0 Å². The van der Waals surface area contributed by atoms with E-state index in [-0.39, 0.29) is 24.9 Å². The molecule has 0 radical (unpaired) electrons. The SMILES string of the molecule is CCNCc1ccccc1NC(=O)c1cccc(CN2C(=O)CNC2=O)c1. The predicted octanol–water partition coefficient (Wildman–Crippen LogP) is 2.10. The maximum atomic E-state index is 12.7. The van der Waals surface area contributed by atoms with Crippen molar-refractivity contribution in [1.82, 2.24) is 15.5 Å². The molecule has 0 aliphatic carbocycles. The Kier molecular flexibility index (Phi) is 5.83. The van der Waals surface area contributed by atoms with Gasteiger partial charge in [-0.15, -0.1) is 0 Å². The zero-order valence-corrected chi connectivity index (χ0v) is 15.1. The second kappa shape index (κ2) is 8.46. The third kappa shape index (κ3) is 4.51. The van der Waals surface area contributed by atoms with Crippen molar-refractivity contribution in [2.45, 2.75) is 20.0 Å². The summed E-state index contributed by atoms with van der Waals surface area (Å²) >= 11 is 0. The molecule has 1 aliphatic heterocycles. The van der Waals surface area contributed by atoms with E-state index in [0.717, 1.165) is 22.7 Å². The topological polar surface area (TPSA) is 90.5 Å². The Labute approximate surface area is 157 Å². The molecule has 1 saturated heterocycles. The maximum Gasteiger partial charge on any atom is 0.324 e. The zero-order valence-electron chi connectivity index (χ0n) is 15.1. The Hall–Kier alpha value is -3.19. The van der Waals surface area contributed by atoms with Crippen LogP contribution in [0.15, 0.2) is 48.5 Å². The van der Waals surface area contributed by atoms with Gasteiger partial charge in [-0.2, -0.15) is 0 Å². The summed E-state index contributed by atoms with van der Waals surface area (Å²) in [7, 11) is 0. The van der Waals surface area contributed by atoms with Crippen molar-refractivity contribution in [3.05, 3.63) is 65.2 Å². The fourth-order valence-electron chi connectivity index (χ4n) is 2.86. The highest BCUT2D eigenvalue weighted by atomic mass is 16.2. The van der Waals surface area contributed by atoms with Crippen molar-refractivity contribution < 1.29 is 14.4 Å². The number of hydrogen-bond donors (Lipinski definition) is 3. The van der Waals surface area contributed by atoms with Gasteiger partial charge in [0.05, 0.1) is 13.1 Å². The molecule has 0 atom stereocenters. The quantitative estimate of drug-likeness (QED) is 0.655. The maximum absolute atomic E-state index is 12.7. The number of benzene rings is 2. The summed E-state index contributed by atoms with van der Waals surface area (Å²) < 4.78 is 0. The van der Waals surface area contributed by atoms with Gasteiger partial charge < -0.3 is 16.0 Å². The number of rotatable bonds is 7. The van der Waals surface area contributed by atoms with Gasteiger partial charge in [-0.25, -0.2) is 4.79 Å². The summed E-state index contributed by atoms with van der Waals surface area (Å²) in [5, 5.41) is 8.67. The van der Waals surface area contributed by atoms with E-state index < -0.39 is 6.03 Å². The highest BCUT2D eigenvalue weighted by Crippen LogP contribution is 2.17. The average molecular weight is 366 g/mol. The number of para-hydroxylation sites is 1. The van der Waals surface area contributed by atoms with E-state index in [0.29, 0.717) is 17.7 Å². The van der Waals surface area contributed by atoms with Gasteiger partial charge in [0.1, 0.15) is 0 Å². The molecule has 2 aromatic rings. The number of carbonyl (C=O) groups excluding carboxylic acids is 3. The number of carbonyl (C=O) groups is 3. The smallest absolute Gasteiger partial charge is 0.324 e. The number of hydrogen-bond acceptors (Lipinski definition) is 4. The van der Waals surface area contributed by atoms with Crippen LogP contribution in [0.5, 0.6) is 0 Å². The second-order valence-electron chi connectivity index (χ2n) is 6.23. The zero-order chi connectivity index (χ0) is 19.2. The Morgan fingerprint density at radius 1 is 1.15 bits per heavy atom. The van der Waals surface area contributed by atoms with Gasteiger partial charge in [0.2, 0.25) is 5.91 Å². The summed E-state index contributed by atoms with van der Waals surface area (Å²) in [5.74, 6) is -0.509. The van der Waals surface area contributed by atoms with Crippen LogP contribution in [-0.2, 0) is 17.9 Å². The fourth-order valence-corrected chi connectivity index (χ4v) is 2.86. The third-order valence-electron chi connectivity index (χ3n) is 4.30. The molecular formula is C20H22N4O3. The van der Waals surface area contributed by atoms with E-state index in [1.165, 1.54) is 0 Å². The van der Waals surface area contributed by atoms with Crippen LogP contribution in [0.1, 0.15) is 28.4 Å². The van der Waals surface area contributed by atoms with Gasteiger partial charge in [-0.05, 0) is 35.9 Å². The Bertz CT molecular complexity index is 850. The molecule has 0 saturated carbocycles. The Morgan fingerprint density at radius 2 is 1.96 bits per heavy atom. The Balaban J connectivity index is 1.73. The minimum atomic E-state index is -0.410. The van der Waals surface area contributed by atoms with Crippen molar-refractivity contribution in [1.29, 1.82) is 0 Å². The molecule has 140 valence electrons. The average Bonchev–Trinajstić information content (AvgIpc) is 2.99. The van der Waals surface area contributed by atoms with Gasteiger partial charge in [-0.3, -0.25) is 14.5 Å².